The molecule has 1 amide bonds. The highest BCUT2D eigenvalue weighted by Crippen LogP contribution is 2.23. The Morgan fingerprint density at radius 2 is 1.44 bits per heavy atom. The van der Waals surface area contributed by atoms with E-state index in [1.54, 1.807) is 24.3 Å². The van der Waals surface area contributed by atoms with Gasteiger partial charge in [-0.25, -0.2) is 8.42 Å². The lowest BCUT2D eigenvalue weighted by Gasteiger charge is -2.23. The third kappa shape index (κ3) is 10.5. The van der Waals surface area contributed by atoms with Crippen molar-refractivity contribution in [2.45, 2.75) is 83.6 Å². The van der Waals surface area contributed by atoms with Gasteiger partial charge in [-0.15, -0.1) is 0 Å². The van der Waals surface area contributed by atoms with Crippen LogP contribution in [0.2, 0.25) is 0 Å². The first-order chi connectivity index (χ1) is 19.2. The number of aryl methyl sites for hydroxylation is 2. The fraction of sp³-hybridized carbons (Fsp3) is 0.441. The van der Waals surface area contributed by atoms with Crippen LogP contribution in [0.15, 0.2) is 71.6 Å². The van der Waals surface area contributed by atoms with Crippen molar-refractivity contribution in [2.75, 3.05) is 5.75 Å². The number of Topliss-reactive ketones (excluding diaryl/α,β-unsaturated/α-hetero) is 2. The predicted octanol–water partition coefficient (Wildman–Crippen LogP) is 6.42. The Morgan fingerprint density at radius 1 is 0.805 bits per heavy atom. The molecule has 0 fully saturated rings. The lowest BCUT2D eigenvalue weighted by Crippen LogP contribution is -2.42. The van der Waals surface area contributed by atoms with Gasteiger partial charge < -0.3 is 5.32 Å². The molecular weight excluding hydrogens is 534 g/mol. The van der Waals surface area contributed by atoms with Crippen LogP contribution in [0.1, 0.15) is 70.9 Å². The predicted molar refractivity (Wildman–Crippen MR) is 165 cm³/mol. The molecule has 1 N–H and O–H groups in total. The van der Waals surface area contributed by atoms with Gasteiger partial charge >= 0.3 is 0 Å². The van der Waals surface area contributed by atoms with Gasteiger partial charge in [0.25, 0.3) is 0 Å². The highest BCUT2D eigenvalue weighted by molar-refractivity contribution is 7.91. The quantitative estimate of drug-likeness (QED) is 0.238. The van der Waals surface area contributed by atoms with Crippen LogP contribution in [0, 0.1) is 18.8 Å². The molecule has 0 aliphatic carbocycles. The van der Waals surface area contributed by atoms with Gasteiger partial charge in [-0.2, -0.15) is 0 Å². The van der Waals surface area contributed by atoms with Crippen molar-refractivity contribution >= 4 is 38.1 Å². The summed E-state index contributed by atoms with van der Waals surface area (Å²) in [7, 11) is -3.69. The monoisotopic (exact) mass is 577 g/mol. The molecule has 0 heterocycles. The summed E-state index contributed by atoms with van der Waals surface area (Å²) < 4.78 is 26.3. The summed E-state index contributed by atoms with van der Waals surface area (Å²) in [6.45, 7) is 9.32. The van der Waals surface area contributed by atoms with Crippen molar-refractivity contribution in [3.05, 3.63) is 77.9 Å². The Bertz CT molecular complexity index is 1460. The minimum absolute atomic E-state index is 0.0306. The van der Waals surface area contributed by atoms with Crippen molar-refractivity contribution in [1.29, 1.82) is 0 Å². The van der Waals surface area contributed by atoms with E-state index >= 15 is 0 Å². The van der Waals surface area contributed by atoms with E-state index in [0.717, 1.165) is 21.9 Å². The first-order valence-corrected chi connectivity index (χ1v) is 16.0. The van der Waals surface area contributed by atoms with Gasteiger partial charge in [0.1, 0.15) is 11.6 Å². The van der Waals surface area contributed by atoms with Crippen LogP contribution in [0.25, 0.3) is 10.8 Å². The second-order valence-corrected chi connectivity index (χ2v) is 14.4. The molecular formula is C34H43NO5S. The molecule has 0 unspecified atom stereocenters. The number of carbonyl (C=O) groups is 3. The average molecular weight is 578 g/mol. The fourth-order valence-corrected chi connectivity index (χ4v) is 6.81. The molecule has 0 aliphatic rings. The lowest BCUT2D eigenvalue weighted by molar-refractivity contribution is -0.124. The van der Waals surface area contributed by atoms with Gasteiger partial charge in [0.05, 0.1) is 10.6 Å². The number of carbonyl (C=O) groups excluding carboxylic acids is 3. The second kappa shape index (κ2) is 14.0. The van der Waals surface area contributed by atoms with E-state index in [-0.39, 0.29) is 59.7 Å². The van der Waals surface area contributed by atoms with E-state index < -0.39 is 21.3 Å². The number of hydrogen-bond acceptors (Lipinski definition) is 5. The van der Waals surface area contributed by atoms with Crippen LogP contribution < -0.4 is 5.32 Å². The molecule has 41 heavy (non-hydrogen) atoms. The Kier molecular flexibility index (Phi) is 11.0. The summed E-state index contributed by atoms with van der Waals surface area (Å²) in [5.41, 5.74) is 1.61. The molecule has 6 nitrogen and oxygen atoms in total. The molecule has 0 aliphatic heterocycles. The zero-order valence-corrected chi connectivity index (χ0v) is 25.7. The SMILES string of the molecule is Cc1ccc(S(=O)(=O)C[C@H](CC(=O)C[C@@H](C)CC(=O)CCc2cccc3ccccc23)CC(=O)NC(C)(C)C)cc1. The van der Waals surface area contributed by atoms with E-state index in [1.807, 2.05) is 58.9 Å². The largest absolute Gasteiger partial charge is 0.352 e. The van der Waals surface area contributed by atoms with E-state index in [1.165, 1.54) is 0 Å². The molecule has 0 bridgehead atoms. The minimum atomic E-state index is -3.69. The molecule has 220 valence electrons. The normalized spacial score (nSPS) is 13.5. The Hall–Kier alpha value is -3.32. The van der Waals surface area contributed by atoms with Gasteiger partial charge in [0.15, 0.2) is 9.84 Å². The average Bonchev–Trinajstić information content (AvgIpc) is 2.86. The molecule has 3 aromatic rings. The van der Waals surface area contributed by atoms with Crippen molar-refractivity contribution in [3.8, 4) is 0 Å². The maximum absolute atomic E-state index is 13.2. The zero-order valence-electron chi connectivity index (χ0n) is 24.9. The van der Waals surface area contributed by atoms with Crippen molar-refractivity contribution in [2.24, 2.45) is 11.8 Å². The van der Waals surface area contributed by atoms with E-state index in [4.69, 9.17) is 0 Å². The lowest BCUT2D eigenvalue weighted by atomic mass is 9.91. The van der Waals surface area contributed by atoms with Gasteiger partial charge in [-0.3, -0.25) is 14.4 Å². The van der Waals surface area contributed by atoms with Gasteiger partial charge in [-0.1, -0.05) is 67.1 Å². The van der Waals surface area contributed by atoms with E-state index in [9.17, 15) is 22.8 Å². The van der Waals surface area contributed by atoms with Crippen molar-refractivity contribution in [3.63, 3.8) is 0 Å². The van der Waals surface area contributed by atoms with Crippen LogP contribution in [-0.4, -0.2) is 37.2 Å². The molecule has 2 atom stereocenters. The standard InChI is InChI=1S/C34H43NO5S/c1-24-13-17-31(18-14-24)41(39,40)23-26(22-33(38)35-34(3,4)5)21-30(37)20-25(2)19-29(36)16-15-28-11-8-10-27-9-6-7-12-32(27)28/h6-14,17-18,25-26H,15-16,19-23H2,1-5H3,(H,35,38)/t25-,26+/m0/s1. The minimum Gasteiger partial charge on any atom is -0.352 e. The summed E-state index contributed by atoms with van der Waals surface area (Å²) in [6.07, 6.45) is 1.40. The molecule has 7 heteroatoms. The Balaban J connectivity index is 1.59. The highest BCUT2D eigenvalue weighted by Gasteiger charge is 2.27. The van der Waals surface area contributed by atoms with Crippen LogP contribution >= 0.6 is 0 Å². The Morgan fingerprint density at radius 3 is 2.12 bits per heavy atom. The maximum atomic E-state index is 13.2. The summed E-state index contributed by atoms with van der Waals surface area (Å²) in [6, 6.07) is 20.8. The van der Waals surface area contributed by atoms with E-state index in [0.29, 0.717) is 12.8 Å². The number of ketones is 2. The third-order valence-corrected chi connectivity index (χ3v) is 8.95. The first kappa shape index (κ1) is 32.2. The van der Waals surface area contributed by atoms with Gasteiger partial charge in [-0.05, 0) is 74.4 Å². The molecule has 0 aromatic heterocycles. The maximum Gasteiger partial charge on any atom is 0.220 e. The molecule has 3 rings (SSSR count). The number of fused-ring (bicyclic) bond motifs is 1. The van der Waals surface area contributed by atoms with E-state index in [2.05, 4.69) is 23.5 Å². The number of sulfone groups is 1. The summed E-state index contributed by atoms with van der Waals surface area (Å²) in [5.74, 6) is -1.44. The number of benzene rings is 3. The van der Waals surface area contributed by atoms with Crippen LogP contribution in [0.4, 0.5) is 0 Å². The summed E-state index contributed by atoms with van der Waals surface area (Å²) in [5, 5.41) is 5.16. The van der Waals surface area contributed by atoms with Gasteiger partial charge in [0, 0.05) is 37.6 Å². The highest BCUT2D eigenvalue weighted by atomic mass is 32.2. The van der Waals surface area contributed by atoms with Crippen molar-refractivity contribution in [1.82, 2.24) is 5.32 Å². The third-order valence-electron chi connectivity index (χ3n) is 7.05. The first-order valence-electron chi connectivity index (χ1n) is 14.3. The second-order valence-electron chi connectivity index (χ2n) is 12.4. The number of rotatable bonds is 14. The van der Waals surface area contributed by atoms with Gasteiger partial charge in [0.2, 0.25) is 5.91 Å². The van der Waals surface area contributed by atoms with Crippen LogP contribution in [-0.2, 0) is 30.6 Å². The molecule has 0 saturated heterocycles. The molecule has 0 radical (unpaired) electrons. The topological polar surface area (TPSA) is 97.4 Å². The zero-order chi connectivity index (χ0) is 30.2. The molecule has 3 aromatic carbocycles. The molecule has 0 spiro atoms. The fourth-order valence-electron chi connectivity index (χ4n) is 5.22. The number of hydrogen-bond donors (Lipinski definition) is 1. The summed E-state index contributed by atoms with van der Waals surface area (Å²) >= 11 is 0. The smallest absolute Gasteiger partial charge is 0.220 e. The van der Waals surface area contributed by atoms with Crippen LogP contribution in [0.3, 0.4) is 0 Å². The Labute approximate surface area is 244 Å². The number of amides is 1. The molecule has 0 saturated carbocycles. The number of nitrogens with one attached hydrogen (secondary N) is 1. The summed E-state index contributed by atoms with van der Waals surface area (Å²) in [4.78, 5) is 38.7. The van der Waals surface area contributed by atoms with Crippen molar-refractivity contribution < 1.29 is 22.8 Å². The van der Waals surface area contributed by atoms with Crippen LogP contribution in [0.5, 0.6) is 0 Å².